The van der Waals surface area contributed by atoms with Crippen molar-refractivity contribution in [1.82, 2.24) is 14.8 Å². The van der Waals surface area contributed by atoms with Crippen LogP contribution in [0.3, 0.4) is 0 Å². The topological polar surface area (TPSA) is 56.7 Å². The number of nitrogens with zero attached hydrogens (tertiary/aromatic N) is 3. The van der Waals surface area contributed by atoms with Gasteiger partial charge in [-0.25, -0.2) is 0 Å². The molecule has 1 heterocycles. The Bertz CT molecular complexity index is 383. The Hall–Kier alpha value is -0.900. The van der Waals surface area contributed by atoms with Crippen molar-refractivity contribution in [2.75, 3.05) is 0 Å². The van der Waals surface area contributed by atoms with Gasteiger partial charge in [-0.3, -0.25) is 0 Å². The van der Waals surface area contributed by atoms with Gasteiger partial charge in [0.2, 0.25) is 0 Å². The van der Waals surface area contributed by atoms with Crippen molar-refractivity contribution in [2.24, 2.45) is 11.1 Å². The van der Waals surface area contributed by atoms with Crippen molar-refractivity contribution < 1.29 is 0 Å². The first kappa shape index (κ1) is 12.6. The summed E-state index contributed by atoms with van der Waals surface area (Å²) in [6.07, 6.45) is 5.10. The molecule has 0 radical (unpaired) electrons. The molecule has 1 fully saturated rings. The van der Waals surface area contributed by atoms with E-state index in [0.717, 1.165) is 11.6 Å². The number of rotatable bonds is 2. The van der Waals surface area contributed by atoms with E-state index in [2.05, 4.69) is 35.5 Å². The van der Waals surface area contributed by atoms with Gasteiger partial charge in [0.1, 0.15) is 5.82 Å². The number of aromatic nitrogens is 3. The number of aryl methyl sites for hydroxylation is 1. The lowest BCUT2D eigenvalue weighted by Gasteiger charge is -2.28. The van der Waals surface area contributed by atoms with Crippen molar-refractivity contribution >= 4 is 0 Å². The molecule has 1 aliphatic carbocycles. The molecule has 0 amide bonds. The van der Waals surface area contributed by atoms with Crippen LogP contribution in [0.2, 0.25) is 0 Å². The number of nitrogens with two attached hydrogens (primary N) is 1. The summed E-state index contributed by atoms with van der Waals surface area (Å²) < 4.78 is 2.28. The first-order chi connectivity index (χ1) is 7.91. The van der Waals surface area contributed by atoms with Gasteiger partial charge in [-0.2, -0.15) is 0 Å². The van der Waals surface area contributed by atoms with Crippen molar-refractivity contribution in [2.45, 2.75) is 65.5 Å². The Morgan fingerprint density at radius 1 is 1.24 bits per heavy atom. The minimum absolute atomic E-state index is 0.0236. The normalized spacial score (nSPS) is 19.8. The predicted octanol–water partition coefficient (Wildman–Crippen LogP) is 2.75. The molecular formula is C13H24N4. The number of hydrogen-bond acceptors (Lipinski definition) is 3. The van der Waals surface area contributed by atoms with E-state index in [0.29, 0.717) is 6.04 Å². The van der Waals surface area contributed by atoms with Gasteiger partial charge >= 0.3 is 0 Å². The molecule has 1 saturated carbocycles. The third-order valence-corrected chi connectivity index (χ3v) is 3.79. The fraction of sp³-hybridized carbons (Fsp3) is 0.846. The van der Waals surface area contributed by atoms with Crippen LogP contribution < -0.4 is 5.73 Å². The van der Waals surface area contributed by atoms with E-state index in [4.69, 9.17) is 5.73 Å². The van der Waals surface area contributed by atoms with Gasteiger partial charge in [0.05, 0.1) is 6.04 Å². The lowest BCUT2D eigenvalue weighted by Crippen LogP contribution is -2.30. The van der Waals surface area contributed by atoms with E-state index < -0.39 is 0 Å². The van der Waals surface area contributed by atoms with Crippen LogP contribution in [0.25, 0.3) is 0 Å². The standard InChI is InChI=1S/C13H24N4/c1-9-15-16-12(11(14)13(2,3)4)17(9)10-7-5-6-8-10/h10-11H,5-8,14H2,1-4H3/t11-/m1/s1. The maximum Gasteiger partial charge on any atom is 0.150 e. The van der Waals surface area contributed by atoms with Crippen LogP contribution in [0.5, 0.6) is 0 Å². The highest BCUT2D eigenvalue weighted by atomic mass is 15.3. The second-order valence-electron chi connectivity index (χ2n) is 6.26. The molecule has 0 unspecified atom stereocenters. The van der Waals surface area contributed by atoms with E-state index in [-0.39, 0.29) is 11.5 Å². The quantitative estimate of drug-likeness (QED) is 0.859. The second-order valence-corrected chi connectivity index (χ2v) is 6.26. The zero-order chi connectivity index (χ0) is 12.6. The fourth-order valence-corrected chi connectivity index (χ4v) is 2.60. The smallest absolute Gasteiger partial charge is 0.150 e. The molecule has 0 aromatic carbocycles. The van der Waals surface area contributed by atoms with Gasteiger partial charge in [-0.15, -0.1) is 10.2 Å². The van der Waals surface area contributed by atoms with Crippen LogP contribution >= 0.6 is 0 Å². The van der Waals surface area contributed by atoms with Crippen LogP contribution in [-0.4, -0.2) is 14.8 Å². The van der Waals surface area contributed by atoms with E-state index in [1.165, 1.54) is 25.7 Å². The van der Waals surface area contributed by atoms with Crippen molar-refractivity contribution in [3.05, 3.63) is 11.6 Å². The Kier molecular flexibility index (Phi) is 3.25. The second kappa shape index (κ2) is 4.41. The molecule has 0 saturated heterocycles. The highest BCUT2D eigenvalue weighted by Crippen LogP contribution is 2.35. The van der Waals surface area contributed by atoms with Crippen LogP contribution in [-0.2, 0) is 0 Å². The molecule has 17 heavy (non-hydrogen) atoms. The summed E-state index contributed by atoms with van der Waals surface area (Å²) in [5, 5.41) is 8.54. The van der Waals surface area contributed by atoms with Crippen molar-refractivity contribution in [3.8, 4) is 0 Å². The molecule has 0 spiro atoms. The third-order valence-electron chi connectivity index (χ3n) is 3.79. The molecule has 1 aliphatic rings. The summed E-state index contributed by atoms with van der Waals surface area (Å²) in [6, 6.07) is 0.512. The fourth-order valence-electron chi connectivity index (χ4n) is 2.60. The SMILES string of the molecule is Cc1nnc([C@@H](N)C(C)(C)C)n1C1CCCC1. The predicted molar refractivity (Wildman–Crippen MR) is 68.6 cm³/mol. The molecule has 4 heteroatoms. The summed E-state index contributed by atoms with van der Waals surface area (Å²) >= 11 is 0. The zero-order valence-corrected chi connectivity index (χ0v) is 11.4. The average Bonchev–Trinajstić information content (AvgIpc) is 2.83. The first-order valence-electron chi connectivity index (χ1n) is 6.58. The maximum absolute atomic E-state index is 6.33. The molecule has 1 aromatic rings. The Morgan fingerprint density at radius 2 is 1.82 bits per heavy atom. The molecule has 2 rings (SSSR count). The maximum atomic E-state index is 6.33. The highest BCUT2D eigenvalue weighted by Gasteiger charge is 2.30. The van der Waals surface area contributed by atoms with E-state index in [1.54, 1.807) is 0 Å². The van der Waals surface area contributed by atoms with Crippen molar-refractivity contribution in [3.63, 3.8) is 0 Å². The minimum Gasteiger partial charge on any atom is -0.321 e. The van der Waals surface area contributed by atoms with Crippen LogP contribution in [0.4, 0.5) is 0 Å². The molecule has 0 bridgehead atoms. The van der Waals surface area contributed by atoms with E-state index >= 15 is 0 Å². The number of hydrogen-bond donors (Lipinski definition) is 1. The summed E-state index contributed by atoms with van der Waals surface area (Å²) in [5.41, 5.74) is 6.35. The molecule has 4 nitrogen and oxygen atoms in total. The summed E-state index contributed by atoms with van der Waals surface area (Å²) in [6.45, 7) is 8.49. The Balaban J connectivity index is 2.35. The summed E-state index contributed by atoms with van der Waals surface area (Å²) in [5.74, 6) is 1.97. The van der Waals surface area contributed by atoms with Crippen LogP contribution in [0.1, 0.15) is 70.2 Å². The summed E-state index contributed by atoms with van der Waals surface area (Å²) in [7, 11) is 0. The van der Waals surface area contributed by atoms with Gasteiger partial charge < -0.3 is 10.3 Å². The van der Waals surface area contributed by atoms with Crippen molar-refractivity contribution in [1.29, 1.82) is 0 Å². The average molecular weight is 236 g/mol. The first-order valence-corrected chi connectivity index (χ1v) is 6.58. The van der Waals surface area contributed by atoms with Gasteiger partial charge in [0.15, 0.2) is 5.82 Å². The van der Waals surface area contributed by atoms with Crippen LogP contribution in [0.15, 0.2) is 0 Å². The molecule has 0 aliphatic heterocycles. The van der Waals surface area contributed by atoms with E-state index in [1.807, 2.05) is 6.92 Å². The summed E-state index contributed by atoms with van der Waals surface area (Å²) in [4.78, 5) is 0. The molecule has 2 N–H and O–H groups in total. The zero-order valence-electron chi connectivity index (χ0n) is 11.4. The van der Waals surface area contributed by atoms with Gasteiger partial charge in [0, 0.05) is 6.04 Å². The Labute approximate surface area is 104 Å². The Morgan fingerprint density at radius 3 is 2.35 bits per heavy atom. The van der Waals surface area contributed by atoms with Gasteiger partial charge in [-0.05, 0) is 25.2 Å². The molecule has 96 valence electrons. The monoisotopic (exact) mass is 236 g/mol. The molecule has 1 atom stereocenters. The molecular weight excluding hydrogens is 212 g/mol. The lowest BCUT2D eigenvalue weighted by atomic mass is 9.87. The van der Waals surface area contributed by atoms with E-state index in [9.17, 15) is 0 Å². The van der Waals surface area contributed by atoms with Gasteiger partial charge in [0.25, 0.3) is 0 Å². The highest BCUT2D eigenvalue weighted by molar-refractivity contribution is 5.05. The van der Waals surface area contributed by atoms with Gasteiger partial charge in [-0.1, -0.05) is 33.6 Å². The largest absolute Gasteiger partial charge is 0.321 e. The van der Waals surface area contributed by atoms with Crippen LogP contribution in [0, 0.1) is 12.3 Å². The minimum atomic E-state index is -0.0516. The lowest BCUT2D eigenvalue weighted by molar-refractivity contribution is 0.299. The third kappa shape index (κ3) is 2.37. The molecule has 1 aromatic heterocycles.